The van der Waals surface area contributed by atoms with Gasteiger partial charge in [-0.2, -0.15) is 4.31 Å². The van der Waals surface area contributed by atoms with Crippen molar-refractivity contribution in [1.29, 1.82) is 0 Å². The maximum atomic E-state index is 13.6. The lowest BCUT2D eigenvalue weighted by molar-refractivity contribution is -0.121. The highest BCUT2D eigenvalue weighted by atomic mass is 35.5. The quantitative estimate of drug-likeness (QED) is 0.792. The number of amides is 1. The second kappa shape index (κ2) is 8.18. The van der Waals surface area contributed by atoms with Gasteiger partial charge in [0.15, 0.2) is 0 Å². The van der Waals surface area contributed by atoms with Gasteiger partial charge in [0.25, 0.3) is 0 Å². The van der Waals surface area contributed by atoms with Crippen molar-refractivity contribution in [2.45, 2.75) is 22.3 Å². The Morgan fingerprint density at radius 1 is 1.30 bits per heavy atom. The SMILES string of the molecule is CN(CC(=O)N[C@H]1CCSc2ccc(F)cc21)S(=O)(=O)c1ccc(Cl)cc1. The smallest absolute Gasteiger partial charge is 0.243 e. The van der Waals surface area contributed by atoms with Crippen molar-refractivity contribution in [3.8, 4) is 0 Å². The topological polar surface area (TPSA) is 66.5 Å². The number of rotatable bonds is 5. The Bertz CT molecular complexity index is 952. The molecule has 1 atom stereocenters. The Balaban J connectivity index is 1.69. The Morgan fingerprint density at radius 2 is 2.00 bits per heavy atom. The molecule has 9 heteroatoms. The Kier molecular flexibility index (Phi) is 6.10. The second-order valence-corrected chi connectivity index (χ2v) is 9.77. The van der Waals surface area contributed by atoms with Crippen LogP contribution in [0.5, 0.6) is 0 Å². The normalized spacial score (nSPS) is 16.8. The average molecular weight is 429 g/mol. The summed E-state index contributed by atoms with van der Waals surface area (Å²) in [7, 11) is -2.47. The summed E-state index contributed by atoms with van der Waals surface area (Å²) >= 11 is 7.40. The van der Waals surface area contributed by atoms with Crippen LogP contribution in [-0.2, 0) is 14.8 Å². The number of carbonyl (C=O) groups is 1. The van der Waals surface area contributed by atoms with Crippen LogP contribution in [0.4, 0.5) is 4.39 Å². The molecule has 2 aromatic carbocycles. The summed E-state index contributed by atoms with van der Waals surface area (Å²) in [5.74, 6) is -0.0113. The van der Waals surface area contributed by atoms with Gasteiger partial charge in [-0.15, -0.1) is 11.8 Å². The predicted molar refractivity (Wildman–Crippen MR) is 104 cm³/mol. The Morgan fingerprint density at radius 3 is 2.70 bits per heavy atom. The fourth-order valence-corrected chi connectivity index (χ4v) is 5.19. The van der Waals surface area contributed by atoms with Crippen molar-refractivity contribution in [3.05, 3.63) is 58.9 Å². The van der Waals surface area contributed by atoms with Gasteiger partial charge < -0.3 is 5.32 Å². The van der Waals surface area contributed by atoms with Crippen LogP contribution in [0.15, 0.2) is 52.3 Å². The van der Waals surface area contributed by atoms with Gasteiger partial charge in [-0.3, -0.25) is 4.79 Å². The number of sulfonamides is 1. The van der Waals surface area contributed by atoms with Crippen LogP contribution in [0.3, 0.4) is 0 Å². The van der Waals surface area contributed by atoms with E-state index in [1.807, 2.05) is 0 Å². The van der Waals surface area contributed by atoms with Gasteiger partial charge in [-0.05, 0) is 54.4 Å². The lowest BCUT2D eigenvalue weighted by Gasteiger charge is -2.27. The van der Waals surface area contributed by atoms with Gasteiger partial charge in [0.2, 0.25) is 15.9 Å². The van der Waals surface area contributed by atoms with Crippen LogP contribution < -0.4 is 5.32 Å². The number of nitrogens with one attached hydrogen (secondary N) is 1. The molecule has 0 saturated heterocycles. The standard InChI is InChI=1S/C18H18ClFN2O3S2/c1-22(27(24,25)14-5-2-12(19)3-6-14)11-18(23)21-16-8-9-26-17-7-4-13(20)10-15(16)17/h2-7,10,16H,8-9,11H2,1H3,(H,21,23)/t16-/m0/s1. The first-order valence-corrected chi connectivity index (χ1v) is 11.0. The summed E-state index contributed by atoms with van der Waals surface area (Å²) in [5, 5.41) is 3.25. The molecular weight excluding hydrogens is 411 g/mol. The molecule has 3 rings (SSSR count). The maximum Gasteiger partial charge on any atom is 0.243 e. The van der Waals surface area contributed by atoms with Gasteiger partial charge >= 0.3 is 0 Å². The first-order chi connectivity index (χ1) is 12.8. The molecule has 0 fully saturated rings. The van der Waals surface area contributed by atoms with Crippen molar-refractivity contribution in [2.24, 2.45) is 0 Å². The van der Waals surface area contributed by atoms with Gasteiger partial charge in [-0.25, -0.2) is 12.8 Å². The van der Waals surface area contributed by atoms with Crippen LogP contribution in [0.1, 0.15) is 18.0 Å². The third-order valence-electron chi connectivity index (χ3n) is 4.23. The Hall–Kier alpha value is -1.61. The lowest BCUT2D eigenvalue weighted by atomic mass is 10.0. The van der Waals surface area contributed by atoms with Crippen molar-refractivity contribution in [3.63, 3.8) is 0 Å². The van der Waals surface area contributed by atoms with Crippen LogP contribution in [0.2, 0.25) is 5.02 Å². The molecule has 27 heavy (non-hydrogen) atoms. The predicted octanol–water partition coefficient (Wildman–Crippen LogP) is 3.45. The molecule has 1 aliphatic rings. The fourth-order valence-electron chi connectivity index (χ4n) is 2.83. The van der Waals surface area contributed by atoms with E-state index in [9.17, 15) is 17.6 Å². The highest BCUT2D eigenvalue weighted by Gasteiger charge is 2.26. The van der Waals surface area contributed by atoms with Gasteiger partial charge in [0, 0.05) is 22.7 Å². The summed E-state index contributed by atoms with van der Waals surface area (Å²) in [6.45, 7) is -0.334. The van der Waals surface area contributed by atoms with E-state index in [1.165, 1.54) is 43.4 Å². The number of thioether (sulfide) groups is 1. The first-order valence-electron chi connectivity index (χ1n) is 8.21. The third kappa shape index (κ3) is 4.63. The van der Waals surface area contributed by atoms with Crippen molar-refractivity contribution in [1.82, 2.24) is 9.62 Å². The molecule has 0 radical (unpaired) electrons. The van der Waals surface area contributed by atoms with Crippen LogP contribution >= 0.6 is 23.4 Å². The van der Waals surface area contributed by atoms with Crippen molar-refractivity contribution >= 4 is 39.3 Å². The lowest BCUT2D eigenvalue weighted by Crippen LogP contribution is -2.40. The van der Waals surface area contributed by atoms with E-state index in [0.29, 0.717) is 11.4 Å². The molecule has 0 unspecified atom stereocenters. The highest BCUT2D eigenvalue weighted by Crippen LogP contribution is 2.36. The molecule has 1 aliphatic heterocycles. The largest absolute Gasteiger partial charge is 0.348 e. The number of halogens is 2. The number of hydrogen-bond acceptors (Lipinski definition) is 4. The average Bonchev–Trinajstić information content (AvgIpc) is 2.62. The molecule has 0 bridgehead atoms. The molecule has 1 amide bonds. The highest BCUT2D eigenvalue weighted by molar-refractivity contribution is 7.99. The molecule has 2 aromatic rings. The fraction of sp³-hybridized carbons (Fsp3) is 0.278. The van der Waals surface area contributed by atoms with E-state index >= 15 is 0 Å². The van der Waals surface area contributed by atoms with Crippen LogP contribution in [-0.4, -0.2) is 38.0 Å². The minimum atomic E-state index is -3.81. The minimum Gasteiger partial charge on any atom is -0.348 e. The molecule has 1 heterocycles. The number of likely N-dealkylation sites (N-methyl/N-ethyl adjacent to an activating group) is 1. The molecule has 5 nitrogen and oxygen atoms in total. The number of hydrogen-bond donors (Lipinski definition) is 1. The van der Waals surface area contributed by atoms with E-state index in [2.05, 4.69) is 5.32 Å². The van der Waals surface area contributed by atoms with E-state index < -0.39 is 15.9 Å². The molecule has 1 N–H and O–H groups in total. The van der Waals surface area contributed by atoms with E-state index in [0.717, 1.165) is 20.5 Å². The van der Waals surface area contributed by atoms with E-state index in [-0.39, 0.29) is 23.3 Å². The summed E-state index contributed by atoms with van der Waals surface area (Å²) in [6, 6.07) is 9.91. The third-order valence-corrected chi connectivity index (χ3v) is 7.43. The van der Waals surface area contributed by atoms with Crippen LogP contribution in [0, 0.1) is 5.82 Å². The summed E-state index contributed by atoms with van der Waals surface area (Å²) in [4.78, 5) is 13.4. The van der Waals surface area contributed by atoms with Gasteiger partial charge in [-0.1, -0.05) is 11.6 Å². The number of benzene rings is 2. The molecule has 0 aliphatic carbocycles. The second-order valence-electron chi connectivity index (χ2n) is 6.15. The van der Waals surface area contributed by atoms with Crippen molar-refractivity contribution < 1.29 is 17.6 Å². The monoisotopic (exact) mass is 428 g/mol. The van der Waals surface area contributed by atoms with Gasteiger partial charge in [0.05, 0.1) is 17.5 Å². The van der Waals surface area contributed by atoms with Crippen molar-refractivity contribution in [2.75, 3.05) is 19.3 Å². The Labute approximate surface area is 166 Å². The zero-order valence-electron chi connectivity index (χ0n) is 14.5. The number of nitrogens with zero attached hydrogens (tertiary/aromatic N) is 1. The molecule has 144 valence electrons. The number of fused-ring (bicyclic) bond motifs is 1. The summed E-state index contributed by atoms with van der Waals surface area (Å²) in [5.41, 5.74) is 0.725. The number of carbonyl (C=O) groups excluding carboxylic acids is 1. The van der Waals surface area contributed by atoms with Gasteiger partial charge in [0.1, 0.15) is 5.82 Å². The van der Waals surface area contributed by atoms with E-state index in [4.69, 9.17) is 11.6 Å². The zero-order chi connectivity index (χ0) is 19.6. The maximum absolute atomic E-state index is 13.6. The zero-order valence-corrected chi connectivity index (χ0v) is 16.9. The first kappa shape index (κ1) is 20.1. The molecule has 0 aromatic heterocycles. The summed E-state index contributed by atoms with van der Waals surface area (Å²) < 4.78 is 39.7. The summed E-state index contributed by atoms with van der Waals surface area (Å²) in [6.07, 6.45) is 0.653. The van der Waals surface area contributed by atoms with Crippen LogP contribution in [0.25, 0.3) is 0 Å². The molecule has 0 saturated carbocycles. The molecule has 0 spiro atoms. The minimum absolute atomic E-state index is 0.0590. The molecular formula is C18H18ClFN2O3S2. The van der Waals surface area contributed by atoms with E-state index in [1.54, 1.807) is 17.8 Å².